The molecule has 2 bridgehead atoms. The number of cyclic esters (lactones) is 1. The molecule has 1 heterocycles. The van der Waals surface area contributed by atoms with Gasteiger partial charge >= 0.3 is 18.3 Å². The second kappa shape index (κ2) is 9.36. The number of hydrogen-bond donors (Lipinski definition) is 3. The number of Topliss-reactive ketones (excluding diaryl/α,β-unsaturated/α-hetero) is 1. The van der Waals surface area contributed by atoms with Gasteiger partial charge in [0.25, 0.3) is 0 Å². The topological polar surface area (TPSA) is 140 Å². The molecule has 3 N–H and O–H groups in total. The van der Waals surface area contributed by atoms with Gasteiger partial charge < -0.3 is 24.6 Å². The van der Waals surface area contributed by atoms with Crippen molar-refractivity contribution in [1.29, 1.82) is 0 Å². The van der Waals surface area contributed by atoms with E-state index in [1.165, 1.54) is 0 Å². The second-order valence-corrected chi connectivity index (χ2v) is 11.6. The van der Waals surface area contributed by atoms with Gasteiger partial charge in [0.15, 0.2) is 6.10 Å². The highest BCUT2D eigenvalue weighted by molar-refractivity contribution is 5.88. The van der Waals surface area contributed by atoms with Crippen LogP contribution in [0.3, 0.4) is 0 Å². The molecule has 36 heavy (non-hydrogen) atoms. The summed E-state index contributed by atoms with van der Waals surface area (Å²) in [5, 5.41) is 16.1. The first kappa shape index (κ1) is 26.4. The minimum atomic E-state index is -1.03. The van der Waals surface area contributed by atoms with Gasteiger partial charge in [0, 0.05) is 23.2 Å². The van der Waals surface area contributed by atoms with E-state index in [-0.39, 0.29) is 48.5 Å². The number of nitrogens with one attached hydrogen (secondary N) is 2. The molecule has 10 nitrogen and oxygen atoms in total. The Morgan fingerprint density at radius 3 is 2.61 bits per heavy atom. The number of alkyl carbamates (subject to hydrolysis) is 3. The minimum absolute atomic E-state index is 0.0727. The number of imide groups is 1. The van der Waals surface area contributed by atoms with Crippen molar-refractivity contribution in [1.82, 2.24) is 10.6 Å². The first-order valence-electron chi connectivity index (χ1n) is 12.8. The summed E-state index contributed by atoms with van der Waals surface area (Å²) < 4.78 is 15.8. The highest BCUT2D eigenvalue weighted by Gasteiger charge is 2.68. The molecule has 4 aliphatic rings. The lowest BCUT2D eigenvalue weighted by Crippen LogP contribution is -2.63. The summed E-state index contributed by atoms with van der Waals surface area (Å²) in [6.07, 6.45) is 0.0270. The average Bonchev–Trinajstić information content (AvgIpc) is 3.41. The van der Waals surface area contributed by atoms with E-state index in [1.807, 2.05) is 20.8 Å². The molecule has 0 aromatic carbocycles. The standard InChI is InChI=1S/C26H38N2O8/c1-6-24(4)11-18(36-23(33)28-22(32)34-13-16-12-27-21(31)35-16)25(5)14(2)7-9-26(15(3)20(24)30)10-8-17(29)19(25)26/h6,14-16,18-20,30H,1,7-13H2,2-5H3,(H,27,31)(H,28,32,33)/t14?,15-,16?,18+,19-,20-,24+,25+,26-/m0/s1. The second-order valence-electron chi connectivity index (χ2n) is 11.6. The third-order valence-corrected chi connectivity index (χ3v) is 9.90. The molecule has 0 radical (unpaired) electrons. The normalized spacial score (nSPS) is 43.8. The maximum atomic E-state index is 13.4. The van der Waals surface area contributed by atoms with Crippen molar-refractivity contribution in [2.24, 2.45) is 34.0 Å². The van der Waals surface area contributed by atoms with Gasteiger partial charge in [-0.15, -0.1) is 6.58 Å². The van der Waals surface area contributed by atoms with Crippen LogP contribution < -0.4 is 10.6 Å². The molecule has 0 aromatic rings. The maximum absolute atomic E-state index is 13.4. The van der Waals surface area contributed by atoms with Gasteiger partial charge in [-0.1, -0.05) is 33.8 Å². The van der Waals surface area contributed by atoms with Crippen LogP contribution in [0.4, 0.5) is 14.4 Å². The predicted octanol–water partition coefficient (Wildman–Crippen LogP) is 3.32. The number of ether oxygens (including phenoxy) is 3. The third kappa shape index (κ3) is 4.17. The Morgan fingerprint density at radius 1 is 1.25 bits per heavy atom. The van der Waals surface area contributed by atoms with Gasteiger partial charge in [-0.25, -0.2) is 19.7 Å². The number of hydrogen-bond acceptors (Lipinski definition) is 8. The molecule has 3 saturated carbocycles. The summed E-state index contributed by atoms with van der Waals surface area (Å²) in [7, 11) is 0. The van der Waals surface area contributed by atoms with E-state index in [2.05, 4.69) is 24.1 Å². The molecular formula is C26H38N2O8. The van der Waals surface area contributed by atoms with Crippen LogP contribution >= 0.6 is 0 Å². The SMILES string of the molecule is C=C[C@]1(C)C[C@@H](OC(=O)NC(=O)OCC2CNC(=O)O2)[C@@]2(C)C(C)CC[C@]3(CCC(=O)[C@H]32)[C@@H](C)[C@@H]1O. The van der Waals surface area contributed by atoms with Crippen LogP contribution in [-0.4, -0.2) is 60.6 Å². The number of carbonyl (C=O) groups excluding carboxylic acids is 4. The van der Waals surface area contributed by atoms with E-state index in [0.29, 0.717) is 12.8 Å². The third-order valence-electron chi connectivity index (χ3n) is 9.90. The lowest BCUT2D eigenvalue weighted by Gasteiger charge is -2.61. The van der Waals surface area contributed by atoms with Crippen molar-refractivity contribution in [2.75, 3.05) is 13.2 Å². The van der Waals surface area contributed by atoms with Crippen molar-refractivity contribution >= 4 is 24.1 Å². The summed E-state index contributed by atoms with van der Waals surface area (Å²) in [6.45, 7) is 12.0. The van der Waals surface area contributed by atoms with E-state index in [9.17, 15) is 24.3 Å². The fourth-order valence-electron chi connectivity index (χ4n) is 7.47. The summed E-state index contributed by atoms with van der Waals surface area (Å²) in [5.41, 5.74) is -1.84. The molecular weight excluding hydrogens is 468 g/mol. The summed E-state index contributed by atoms with van der Waals surface area (Å²) in [6, 6.07) is 0. The molecule has 1 saturated heterocycles. The maximum Gasteiger partial charge on any atom is 0.416 e. The Bertz CT molecular complexity index is 954. The average molecular weight is 507 g/mol. The number of amides is 3. The van der Waals surface area contributed by atoms with Crippen molar-refractivity contribution in [3.8, 4) is 0 Å². The van der Waals surface area contributed by atoms with Gasteiger partial charge in [0.1, 0.15) is 18.5 Å². The van der Waals surface area contributed by atoms with E-state index in [0.717, 1.165) is 12.8 Å². The number of aliphatic hydroxyl groups excluding tert-OH is 1. The van der Waals surface area contributed by atoms with Gasteiger partial charge in [0.2, 0.25) is 0 Å². The van der Waals surface area contributed by atoms with Gasteiger partial charge in [-0.2, -0.15) is 0 Å². The molecule has 0 spiro atoms. The summed E-state index contributed by atoms with van der Waals surface area (Å²) in [5.74, 6) is -0.267. The van der Waals surface area contributed by atoms with Gasteiger partial charge in [0.05, 0.1) is 12.6 Å². The highest BCUT2D eigenvalue weighted by Crippen LogP contribution is 2.67. The van der Waals surface area contributed by atoms with E-state index in [1.54, 1.807) is 6.08 Å². The largest absolute Gasteiger partial charge is 0.445 e. The smallest absolute Gasteiger partial charge is 0.416 e. The van der Waals surface area contributed by atoms with Crippen LogP contribution in [0.15, 0.2) is 12.7 Å². The number of aliphatic hydroxyl groups is 1. The lowest BCUT2D eigenvalue weighted by atomic mass is 9.44. The zero-order valence-electron chi connectivity index (χ0n) is 21.5. The minimum Gasteiger partial charge on any atom is -0.445 e. The summed E-state index contributed by atoms with van der Waals surface area (Å²) in [4.78, 5) is 49.6. The number of carbonyl (C=O) groups is 4. The fraction of sp³-hybridized carbons (Fsp3) is 0.769. The van der Waals surface area contributed by atoms with Crippen molar-refractivity contribution in [3.05, 3.63) is 12.7 Å². The Balaban J connectivity index is 1.58. The van der Waals surface area contributed by atoms with Crippen LogP contribution in [0.25, 0.3) is 0 Å². The molecule has 3 aliphatic carbocycles. The number of ketones is 1. The Kier molecular flexibility index (Phi) is 6.87. The lowest BCUT2D eigenvalue weighted by molar-refractivity contribution is -0.191. The van der Waals surface area contributed by atoms with Crippen molar-refractivity contribution in [3.63, 3.8) is 0 Å². The van der Waals surface area contributed by atoms with Crippen LogP contribution in [0.5, 0.6) is 0 Å². The summed E-state index contributed by atoms with van der Waals surface area (Å²) >= 11 is 0. The first-order chi connectivity index (χ1) is 16.9. The molecule has 0 aromatic heterocycles. The monoisotopic (exact) mass is 506 g/mol. The Labute approximate surface area is 211 Å². The van der Waals surface area contributed by atoms with Gasteiger partial charge in [-0.3, -0.25) is 4.79 Å². The van der Waals surface area contributed by atoms with Crippen LogP contribution in [0.1, 0.15) is 59.8 Å². The Morgan fingerprint density at radius 2 is 1.97 bits per heavy atom. The molecule has 2 unspecified atom stereocenters. The number of rotatable bonds is 4. The molecule has 3 amide bonds. The zero-order chi connectivity index (χ0) is 26.5. The molecule has 10 heteroatoms. The first-order valence-corrected chi connectivity index (χ1v) is 12.8. The van der Waals surface area contributed by atoms with E-state index < -0.39 is 47.4 Å². The van der Waals surface area contributed by atoms with E-state index >= 15 is 0 Å². The van der Waals surface area contributed by atoms with Crippen LogP contribution in [0.2, 0.25) is 0 Å². The Hall–Kier alpha value is -2.62. The quantitative estimate of drug-likeness (QED) is 0.390. The fourth-order valence-corrected chi connectivity index (χ4v) is 7.47. The molecule has 1 aliphatic heterocycles. The predicted molar refractivity (Wildman–Crippen MR) is 128 cm³/mol. The van der Waals surface area contributed by atoms with Crippen LogP contribution in [0, 0.1) is 34.0 Å². The highest BCUT2D eigenvalue weighted by atomic mass is 16.6. The molecule has 9 atom stereocenters. The van der Waals surface area contributed by atoms with E-state index in [4.69, 9.17) is 14.2 Å². The molecule has 4 rings (SSSR count). The zero-order valence-corrected chi connectivity index (χ0v) is 21.5. The van der Waals surface area contributed by atoms with Crippen molar-refractivity contribution in [2.45, 2.75) is 78.1 Å². The van der Waals surface area contributed by atoms with Crippen molar-refractivity contribution < 1.29 is 38.5 Å². The molecule has 200 valence electrons. The van der Waals surface area contributed by atoms with Gasteiger partial charge in [-0.05, 0) is 42.9 Å². The van der Waals surface area contributed by atoms with Crippen LogP contribution in [-0.2, 0) is 19.0 Å². The molecule has 4 fully saturated rings.